The number of benzene rings is 1. The number of hydrogen-bond acceptors (Lipinski definition) is 7. The average Bonchev–Trinajstić information content (AvgIpc) is 2.53. The van der Waals surface area contributed by atoms with Gasteiger partial charge >= 0.3 is 5.97 Å². The third kappa shape index (κ3) is 6.93. The number of phenols is 1. The molecule has 0 fully saturated rings. The molecule has 5 N–H and O–H groups in total. The SMILES string of the molecule is COc1cc(C=CC(=O)O)cc(OC)c1O.OCC(O)CO. The lowest BCUT2D eigenvalue weighted by Crippen LogP contribution is -2.15. The Morgan fingerprint density at radius 3 is 1.91 bits per heavy atom. The highest BCUT2D eigenvalue weighted by Gasteiger charge is 2.09. The second-order valence-corrected chi connectivity index (χ2v) is 3.96. The van der Waals surface area contributed by atoms with Gasteiger partial charge in [0, 0.05) is 6.08 Å². The monoisotopic (exact) mass is 316 g/mol. The second kappa shape index (κ2) is 10.4. The molecule has 0 amide bonds. The zero-order chi connectivity index (χ0) is 17.1. The fraction of sp³-hybridized carbons (Fsp3) is 0.357. The summed E-state index contributed by atoms with van der Waals surface area (Å²) in [5.74, 6) is -0.711. The Labute approximate surface area is 127 Å². The topological polar surface area (TPSA) is 137 Å². The molecule has 0 bridgehead atoms. The first kappa shape index (κ1) is 19.7. The molecular weight excluding hydrogens is 296 g/mol. The molecule has 1 rings (SSSR count). The summed E-state index contributed by atoms with van der Waals surface area (Å²) in [6.45, 7) is -0.729. The van der Waals surface area contributed by atoms with Crippen LogP contribution in [0.4, 0.5) is 0 Å². The molecule has 8 heteroatoms. The van der Waals surface area contributed by atoms with Crippen LogP contribution in [0.2, 0.25) is 0 Å². The van der Waals surface area contributed by atoms with E-state index in [1.807, 2.05) is 0 Å². The molecule has 0 aromatic heterocycles. The number of aliphatic carboxylic acids is 1. The van der Waals surface area contributed by atoms with E-state index in [2.05, 4.69) is 0 Å². The smallest absolute Gasteiger partial charge is 0.328 e. The standard InChI is InChI=1S/C11H12O5.C3H8O3/c1-15-8-5-7(3-4-10(12)13)6-9(16-2)11(8)14;4-1-3(6)2-5/h3-6,14H,1-2H3,(H,12,13);3-6H,1-2H2. The number of carboxylic acids is 1. The molecule has 0 radical (unpaired) electrons. The number of ether oxygens (including phenoxy) is 2. The van der Waals surface area contributed by atoms with E-state index in [9.17, 15) is 9.90 Å². The van der Waals surface area contributed by atoms with Crippen molar-refractivity contribution < 1.29 is 39.8 Å². The minimum Gasteiger partial charge on any atom is -0.502 e. The van der Waals surface area contributed by atoms with Crippen LogP contribution in [0.5, 0.6) is 17.2 Å². The van der Waals surface area contributed by atoms with E-state index in [-0.39, 0.29) is 30.5 Å². The number of phenolic OH excluding ortho intramolecular Hbond substituents is 1. The minimum absolute atomic E-state index is 0.113. The van der Waals surface area contributed by atoms with Gasteiger partial charge in [0.05, 0.1) is 27.4 Å². The lowest BCUT2D eigenvalue weighted by molar-refractivity contribution is -0.131. The maximum atomic E-state index is 10.3. The van der Waals surface area contributed by atoms with E-state index in [4.69, 9.17) is 29.9 Å². The summed E-state index contributed by atoms with van der Waals surface area (Å²) in [6, 6.07) is 3.02. The van der Waals surface area contributed by atoms with Crippen LogP contribution in [0.15, 0.2) is 18.2 Å². The van der Waals surface area contributed by atoms with Crippen molar-refractivity contribution in [3.05, 3.63) is 23.8 Å². The van der Waals surface area contributed by atoms with E-state index in [1.54, 1.807) is 0 Å². The first-order chi connectivity index (χ1) is 10.4. The number of aliphatic hydroxyl groups excluding tert-OH is 3. The summed E-state index contributed by atoms with van der Waals surface area (Å²) >= 11 is 0. The van der Waals surface area contributed by atoms with Crippen LogP contribution >= 0.6 is 0 Å². The number of methoxy groups -OCH3 is 2. The van der Waals surface area contributed by atoms with Gasteiger partial charge in [0.15, 0.2) is 11.5 Å². The first-order valence-corrected chi connectivity index (χ1v) is 6.15. The van der Waals surface area contributed by atoms with Gasteiger partial charge < -0.3 is 35.0 Å². The van der Waals surface area contributed by atoms with Crippen molar-refractivity contribution in [2.75, 3.05) is 27.4 Å². The molecule has 0 unspecified atom stereocenters. The Kier molecular flexibility index (Phi) is 9.35. The highest BCUT2D eigenvalue weighted by atomic mass is 16.5. The Morgan fingerprint density at radius 2 is 1.64 bits per heavy atom. The predicted molar refractivity (Wildman–Crippen MR) is 78.1 cm³/mol. The van der Waals surface area contributed by atoms with Crippen molar-refractivity contribution in [2.45, 2.75) is 6.10 Å². The highest BCUT2D eigenvalue weighted by Crippen LogP contribution is 2.37. The third-order valence-electron chi connectivity index (χ3n) is 2.34. The molecule has 8 nitrogen and oxygen atoms in total. The van der Waals surface area contributed by atoms with Crippen LogP contribution in [0.25, 0.3) is 6.08 Å². The van der Waals surface area contributed by atoms with Crippen molar-refractivity contribution in [3.63, 3.8) is 0 Å². The first-order valence-electron chi connectivity index (χ1n) is 6.15. The van der Waals surface area contributed by atoms with E-state index in [0.29, 0.717) is 5.56 Å². The lowest BCUT2D eigenvalue weighted by Gasteiger charge is -2.09. The van der Waals surface area contributed by atoms with Gasteiger partial charge in [-0.25, -0.2) is 4.79 Å². The Hall–Kier alpha value is -2.29. The lowest BCUT2D eigenvalue weighted by atomic mass is 10.1. The van der Waals surface area contributed by atoms with Gasteiger partial charge in [-0.3, -0.25) is 0 Å². The van der Waals surface area contributed by atoms with Crippen LogP contribution in [-0.2, 0) is 4.79 Å². The molecule has 0 aliphatic heterocycles. The van der Waals surface area contributed by atoms with Crippen LogP contribution in [-0.4, -0.2) is 65.0 Å². The van der Waals surface area contributed by atoms with Gasteiger partial charge in [0.2, 0.25) is 5.75 Å². The van der Waals surface area contributed by atoms with Gasteiger partial charge in [0.25, 0.3) is 0 Å². The Bertz CT molecular complexity index is 469. The van der Waals surface area contributed by atoms with Crippen LogP contribution in [0.3, 0.4) is 0 Å². The van der Waals surface area contributed by atoms with Crippen molar-refractivity contribution in [1.29, 1.82) is 0 Å². The van der Waals surface area contributed by atoms with Crippen LogP contribution in [0, 0.1) is 0 Å². The van der Waals surface area contributed by atoms with Crippen LogP contribution < -0.4 is 9.47 Å². The van der Waals surface area contributed by atoms with Crippen LogP contribution in [0.1, 0.15) is 5.56 Å². The van der Waals surface area contributed by atoms with Gasteiger partial charge in [-0.05, 0) is 23.8 Å². The number of carboxylic acid groups (broad SMARTS) is 1. The zero-order valence-electron chi connectivity index (χ0n) is 12.3. The summed E-state index contributed by atoms with van der Waals surface area (Å²) in [6.07, 6.45) is 1.42. The summed E-state index contributed by atoms with van der Waals surface area (Å²) < 4.78 is 9.85. The number of aliphatic hydroxyl groups is 3. The minimum atomic E-state index is -1.05. The largest absolute Gasteiger partial charge is 0.502 e. The van der Waals surface area contributed by atoms with E-state index < -0.39 is 12.1 Å². The van der Waals surface area contributed by atoms with E-state index in [0.717, 1.165) is 6.08 Å². The number of carbonyl (C=O) groups is 1. The van der Waals surface area contributed by atoms with Crippen molar-refractivity contribution in [1.82, 2.24) is 0 Å². The average molecular weight is 316 g/mol. The van der Waals surface area contributed by atoms with Gasteiger partial charge in [-0.1, -0.05) is 0 Å². The normalized spacial score (nSPS) is 10.3. The summed E-state index contributed by atoms with van der Waals surface area (Å²) in [5, 5.41) is 42.1. The van der Waals surface area contributed by atoms with Gasteiger partial charge in [-0.2, -0.15) is 0 Å². The highest BCUT2D eigenvalue weighted by molar-refractivity contribution is 5.85. The van der Waals surface area contributed by atoms with E-state index >= 15 is 0 Å². The molecule has 0 atom stereocenters. The molecule has 0 aliphatic carbocycles. The van der Waals surface area contributed by atoms with E-state index in [1.165, 1.54) is 32.4 Å². The summed E-state index contributed by atoms with van der Waals surface area (Å²) in [5.41, 5.74) is 0.564. The molecular formula is C14H20O8. The molecule has 0 heterocycles. The second-order valence-electron chi connectivity index (χ2n) is 3.96. The Balaban J connectivity index is 0.000000626. The van der Waals surface area contributed by atoms with Crippen molar-refractivity contribution in [2.24, 2.45) is 0 Å². The fourth-order valence-electron chi connectivity index (χ4n) is 1.24. The zero-order valence-corrected chi connectivity index (χ0v) is 12.3. The Morgan fingerprint density at radius 1 is 1.18 bits per heavy atom. The third-order valence-corrected chi connectivity index (χ3v) is 2.34. The van der Waals surface area contributed by atoms with Gasteiger partial charge in [0.1, 0.15) is 6.10 Å². The molecule has 124 valence electrons. The maximum Gasteiger partial charge on any atom is 0.328 e. The summed E-state index contributed by atoms with van der Waals surface area (Å²) in [4.78, 5) is 10.3. The molecule has 0 aliphatic rings. The number of hydrogen-bond donors (Lipinski definition) is 5. The molecule has 22 heavy (non-hydrogen) atoms. The van der Waals surface area contributed by atoms with Crippen molar-refractivity contribution >= 4 is 12.0 Å². The number of rotatable bonds is 6. The molecule has 1 aromatic rings. The summed E-state index contributed by atoms with van der Waals surface area (Å²) in [7, 11) is 2.80. The fourth-order valence-corrected chi connectivity index (χ4v) is 1.24. The maximum absolute atomic E-state index is 10.3. The molecule has 0 spiro atoms. The molecule has 1 aromatic carbocycles. The quantitative estimate of drug-likeness (QED) is 0.457. The number of aromatic hydroxyl groups is 1. The van der Waals surface area contributed by atoms with Crippen molar-refractivity contribution in [3.8, 4) is 17.2 Å². The van der Waals surface area contributed by atoms with Gasteiger partial charge in [-0.15, -0.1) is 0 Å². The molecule has 0 saturated carbocycles. The molecule has 0 saturated heterocycles. The predicted octanol–water partition coefficient (Wildman–Crippen LogP) is -0.161.